The molecule has 0 unspecified atom stereocenters. The summed E-state index contributed by atoms with van der Waals surface area (Å²) in [5.74, 6) is 0.226. The minimum Gasteiger partial charge on any atom is -0.482 e. The van der Waals surface area contributed by atoms with Crippen molar-refractivity contribution in [3.8, 4) is 5.75 Å². The van der Waals surface area contributed by atoms with Gasteiger partial charge in [0, 0.05) is 18.7 Å². The van der Waals surface area contributed by atoms with Crippen LogP contribution in [0.1, 0.15) is 5.69 Å². The molecule has 0 saturated carbocycles. The second-order valence-corrected chi connectivity index (χ2v) is 5.77. The van der Waals surface area contributed by atoms with Gasteiger partial charge in [0.2, 0.25) is 0 Å². The molecule has 0 bridgehead atoms. The van der Waals surface area contributed by atoms with Gasteiger partial charge in [0.1, 0.15) is 5.75 Å². The molecule has 3 rings (SSSR count). The normalized spacial score (nSPS) is 10.7. The maximum atomic E-state index is 12.5. The molecule has 2 aromatic heterocycles. The number of nitrogens with zero attached hydrogens (tertiary/aromatic N) is 3. The first kappa shape index (κ1) is 18.5. The van der Waals surface area contributed by atoms with Gasteiger partial charge in [-0.25, -0.2) is 4.68 Å². The molecule has 1 aromatic carbocycles. The van der Waals surface area contributed by atoms with Crippen LogP contribution in [0.3, 0.4) is 0 Å². The van der Waals surface area contributed by atoms with Gasteiger partial charge in [-0.15, -0.1) is 0 Å². The summed E-state index contributed by atoms with van der Waals surface area (Å²) in [6.07, 6.45) is 3.16. The van der Waals surface area contributed by atoms with Crippen molar-refractivity contribution in [2.24, 2.45) is 0 Å². The molecule has 1 N–H and O–H groups in total. The van der Waals surface area contributed by atoms with E-state index >= 15 is 0 Å². The van der Waals surface area contributed by atoms with E-state index in [0.29, 0.717) is 35.4 Å². The van der Waals surface area contributed by atoms with Crippen LogP contribution in [0.15, 0.2) is 53.6 Å². The number of rotatable bonds is 8. The Bertz CT molecular complexity index is 972. The third-order valence-corrected chi connectivity index (χ3v) is 3.91. The SMILES string of the molecule is COCCn1nc(CNC(=O)COc2cccnc2)c2ccccc2c1=O. The summed E-state index contributed by atoms with van der Waals surface area (Å²) in [6.45, 7) is 0.761. The van der Waals surface area contributed by atoms with Gasteiger partial charge in [0.25, 0.3) is 11.5 Å². The Morgan fingerprint density at radius 2 is 2.00 bits per heavy atom. The van der Waals surface area contributed by atoms with Crippen LogP contribution in [0.5, 0.6) is 5.75 Å². The van der Waals surface area contributed by atoms with Crippen molar-refractivity contribution in [1.29, 1.82) is 0 Å². The summed E-state index contributed by atoms with van der Waals surface area (Å²) in [5.41, 5.74) is 0.425. The average Bonchev–Trinajstić information content (AvgIpc) is 2.72. The van der Waals surface area contributed by atoms with Crippen LogP contribution in [0.25, 0.3) is 10.8 Å². The molecule has 0 aliphatic heterocycles. The van der Waals surface area contributed by atoms with Crippen molar-refractivity contribution in [2.75, 3.05) is 20.3 Å². The van der Waals surface area contributed by atoms with Crippen LogP contribution in [0.4, 0.5) is 0 Å². The first-order valence-corrected chi connectivity index (χ1v) is 8.46. The molecule has 27 heavy (non-hydrogen) atoms. The number of carbonyl (C=O) groups is 1. The lowest BCUT2D eigenvalue weighted by molar-refractivity contribution is -0.123. The third kappa shape index (κ3) is 4.68. The lowest BCUT2D eigenvalue weighted by Crippen LogP contribution is -2.31. The molecule has 0 aliphatic carbocycles. The Labute approximate surface area is 155 Å². The second kappa shape index (κ2) is 8.91. The smallest absolute Gasteiger partial charge is 0.274 e. The summed E-state index contributed by atoms with van der Waals surface area (Å²) in [5, 5.41) is 8.43. The van der Waals surface area contributed by atoms with Crippen molar-refractivity contribution >= 4 is 16.7 Å². The largest absolute Gasteiger partial charge is 0.482 e. The monoisotopic (exact) mass is 368 g/mol. The van der Waals surface area contributed by atoms with E-state index in [1.807, 2.05) is 12.1 Å². The number of hydrogen-bond acceptors (Lipinski definition) is 6. The van der Waals surface area contributed by atoms with Gasteiger partial charge in [-0.1, -0.05) is 18.2 Å². The van der Waals surface area contributed by atoms with Gasteiger partial charge in [-0.2, -0.15) is 5.10 Å². The minimum atomic E-state index is -0.292. The molecule has 0 atom stereocenters. The third-order valence-electron chi connectivity index (χ3n) is 3.91. The van der Waals surface area contributed by atoms with E-state index in [1.54, 1.807) is 37.6 Å². The van der Waals surface area contributed by atoms with Crippen LogP contribution >= 0.6 is 0 Å². The van der Waals surface area contributed by atoms with E-state index in [2.05, 4.69) is 15.4 Å². The number of ether oxygens (including phenoxy) is 2. The van der Waals surface area contributed by atoms with Crippen LogP contribution in [0, 0.1) is 0 Å². The fourth-order valence-electron chi connectivity index (χ4n) is 2.58. The Kier molecular flexibility index (Phi) is 6.11. The van der Waals surface area contributed by atoms with Gasteiger partial charge in [0.05, 0.1) is 37.0 Å². The van der Waals surface area contributed by atoms with E-state index in [4.69, 9.17) is 9.47 Å². The van der Waals surface area contributed by atoms with Crippen LogP contribution < -0.4 is 15.6 Å². The highest BCUT2D eigenvalue weighted by Crippen LogP contribution is 2.13. The van der Waals surface area contributed by atoms with Crippen molar-refractivity contribution < 1.29 is 14.3 Å². The summed E-state index contributed by atoms with van der Waals surface area (Å²) in [7, 11) is 1.56. The number of benzene rings is 1. The molecule has 1 amide bonds. The zero-order chi connectivity index (χ0) is 19.1. The number of pyridine rings is 1. The lowest BCUT2D eigenvalue weighted by Gasteiger charge is -2.12. The van der Waals surface area contributed by atoms with Crippen molar-refractivity contribution in [3.05, 3.63) is 64.8 Å². The van der Waals surface area contributed by atoms with Crippen molar-refractivity contribution in [1.82, 2.24) is 20.1 Å². The highest BCUT2D eigenvalue weighted by Gasteiger charge is 2.11. The lowest BCUT2D eigenvalue weighted by atomic mass is 10.1. The molecule has 2 heterocycles. The topological polar surface area (TPSA) is 95.3 Å². The van der Waals surface area contributed by atoms with E-state index < -0.39 is 0 Å². The number of carbonyl (C=O) groups excluding carboxylic acids is 1. The Balaban J connectivity index is 1.72. The zero-order valence-corrected chi connectivity index (χ0v) is 14.9. The van der Waals surface area contributed by atoms with Crippen LogP contribution in [0.2, 0.25) is 0 Å². The van der Waals surface area contributed by atoms with E-state index in [1.165, 1.54) is 10.9 Å². The summed E-state index contributed by atoms with van der Waals surface area (Å²) < 4.78 is 11.8. The van der Waals surface area contributed by atoms with E-state index in [-0.39, 0.29) is 24.6 Å². The van der Waals surface area contributed by atoms with E-state index in [0.717, 1.165) is 0 Å². The molecule has 3 aromatic rings. The number of nitrogens with one attached hydrogen (secondary N) is 1. The standard InChI is InChI=1S/C19H20N4O4/c1-26-10-9-23-19(25)16-7-3-2-6-15(16)17(22-23)12-21-18(24)13-27-14-5-4-8-20-11-14/h2-8,11H,9-10,12-13H2,1H3,(H,21,24). The van der Waals surface area contributed by atoms with Gasteiger partial charge in [0.15, 0.2) is 6.61 Å². The molecule has 8 nitrogen and oxygen atoms in total. The van der Waals surface area contributed by atoms with Gasteiger partial charge in [-0.05, 0) is 18.2 Å². The first-order valence-electron chi connectivity index (χ1n) is 8.46. The summed E-state index contributed by atoms with van der Waals surface area (Å²) in [6, 6.07) is 10.7. The molecular formula is C19H20N4O4. The van der Waals surface area contributed by atoms with Crippen LogP contribution in [-0.2, 0) is 22.6 Å². The fraction of sp³-hybridized carbons (Fsp3) is 0.263. The van der Waals surface area contributed by atoms with Gasteiger partial charge < -0.3 is 14.8 Å². The average molecular weight is 368 g/mol. The van der Waals surface area contributed by atoms with Crippen LogP contribution in [-0.4, -0.2) is 41.0 Å². The fourth-order valence-corrected chi connectivity index (χ4v) is 2.58. The molecule has 0 aliphatic rings. The van der Waals surface area contributed by atoms with Crippen molar-refractivity contribution in [3.63, 3.8) is 0 Å². The maximum absolute atomic E-state index is 12.5. The quantitative estimate of drug-likeness (QED) is 0.640. The molecule has 0 spiro atoms. The second-order valence-electron chi connectivity index (χ2n) is 5.77. The molecule has 140 valence electrons. The van der Waals surface area contributed by atoms with Crippen molar-refractivity contribution in [2.45, 2.75) is 13.1 Å². The summed E-state index contributed by atoms with van der Waals surface area (Å²) in [4.78, 5) is 28.5. The Hall–Kier alpha value is -3.26. The highest BCUT2D eigenvalue weighted by atomic mass is 16.5. The molecule has 0 radical (unpaired) electrons. The maximum Gasteiger partial charge on any atom is 0.274 e. The number of fused-ring (bicyclic) bond motifs is 1. The number of hydrogen-bond donors (Lipinski definition) is 1. The Morgan fingerprint density at radius 1 is 1.19 bits per heavy atom. The number of methoxy groups -OCH3 is 1. The molecular weight excluding hydrogens is 348 g/mol. The Morgan fingerprint density at radius 3 is 2.74 bits per heavy atom. The predicted molar refractivity (Wildman–Crippen MR) is 99.5 cm³/mol. The predicted octanol–water partition coefficient (Wildman–Crippen LogP) is 1.13. The highest BCUT2D eigenvalue weighted by molar-refractivity contribution is 5.84. The molecule has 0 fully saturated rings. The van der Waals surface area contributed by atoms with E-state index in [9.17, 15) is 9.59 Å². The summed E-state index contributed by atoms with van der Waals surface area (Å²) >= 11 is 0. The van der Waals surface area contributed by atoms with Gasteiger partial charge >= 0.3 is 0 Å². The molecule has 0 saturated heterocycles. The zero-order valence-electron chi connectivity index (χ0n) is 14.9. The number of amides is 1. The number of aromatic nitrogens is 3. The first-order chi connectivity index (χ1) is 13.2. The minimum absolute atomic E-state index is 0.132. The van der Waals surface area contributed by atoms with Gasteiger partial charge in [-0.3, -0.25) is 14.6 Å². The molecule has 8 heteroatoms.